The average Bonchev–Trinajstić information content (AvgIpc) is 3.03. The summed E-state index contributed by atoms with van der Waals surface area (Å²) < 4.78 is 6.78. The van der Waals surface area contributed by atoms with Gasteiger partial charge in [-0.05, 0) is 44.4 Å². The molecule has 0 saturated carbocycles. The molecular weight excluding hydrogens is 338 g/mol. The Morgan fingerprint density at radius 2 is 2.16 bits per heavy atom. The van der Waals surface area contributed by atoms with Gasteiger partial charge in [0, 0.05) is 18.3 Å². The number of carbonyl (C=O) groups is 1. The molecule has 130 valence electrons. The standard InChI is InChI=1S/C18H19N3O3S/c1-11-4-5-12(9-19-11)24-15-8-14(17(22)20-10-18(2,3)23)21-13-6-7-25-16(13)15/h4-9,23H,10H2,1-3H3,(H,20,22). The Bertz CT molecular complexity index is 898. The second-order valence-electron chi connectivity index (χ2n) is 6.37. The topological polar surface area (TPSA) is 84.3 Å². The largest absolute Gasteiger partial charge is 0.454 e. The fourth-order valence-corrected chi connectivity index (χ4v) is 2.93. The van der Waals surface area contributed by atoms with E-state index >= 15 is 0 Å². The zero-order chi connectivity index (χ0) is 18.0. The highest BCUT2D eigenvalue weighted by atomic mass is 32.1. The Morgan fingerprint density at radius 3 is 2.84 bits per heavy atom. The summed E-state index contributed by atoms with van der Waals surface area (Å²) in [5.74, 6) is 0.788. The second-order valence-corrected chi connectivity index (χ2v) is 7.29. The number of aromatic nitrogens is 2. The van der Waals surface area contributed by atoms with E-state index in [1.54, 1.807) is 26.1 Å². The van der Waals surface area contributed by atoms with Gasteiger partial charge in [0.15, 0.2) is 0 Å². The van der Waals surface area contributed by atoms with Gasteiger partial charge in [0.25, 0.3) is 5.91 Å². The van der Waals surface area contributed by atoms with Crippen LogP contribution in [-0.4, -0.2) is 33.1 Å². The summed E-state index contributed by atoms with van der Waals surface area (Å²) in [4.78, 5) is 20.9. The van der Waals surface area contributed by atoms with Crippen molar-refractivity contribution in [3.8, 4) is 11.5 Å². The number of carbonyl (C=O) groups excluding carboxylic acids is 1. The van der Waals surface area contributed by atoms with E-state index in [1.807, 2.05) is 30.5 Å². The molecule has 3 rings (SSSR count). The highest BCUT2D eigenvalue weighted by molar-refractivity contribution is 7.17. The molecule has 3 aromatic heterocycles. The van der Waals surface area contributed by atoms with Gasteiger partial charge in [0.05, 0.1) is 22.0 Å². The van der Waals surface area contributed by atoms with Crippen molar-refractivity contribution in [2.24, 2.45) is 0 Å². The molecule has 7 heteroatoms. The van der Waals surface area contributed by atoms with E-state index in [0.29, 0.717) is 17.0 Å². The summed E-state index contributed by atoms with van der Waals surface area (Å²) in [5.41, 5.74) is 0.839. The number of hydrogen-bond donors (Lipinski definition) is 2. The van der Waals surface area contributed by atoms with Crippen molar-refractivity contribution in [1.82, 2.24) is 15.3 Å². The summed E-state index contributed by atoms with van der Waals surface area (Å²) >= 11 is 1.49. The first-order chi connectivity index (χ1) is 11.8. The number of thiophene rings is 1. The zero-order valence-corrected chi connectivity index (χ0v) is 15.1. The van der Waals surface area contributed by atoms with Crippen LogP contribution in [0.15, 0.2) is 35.8 Å². The molecule has 1 amide bonds. The number of amides is 1. The van der Waals surface area contributed by atoms with Crippen molar-refractivity contribution in [3.05, 3.63) is 47.2 Å². The molecule has 6 nitrogen and oxygen atoms in total. The summed E-state index contributed by atoms with van der Waals surface area (Å²) in [6.07, 6.45) is 1.64. The van der Waals surface area contributed by atoms with Gasteiger partial charge in [0.1, 0.15) is 17.2 Å². The first-order valence-corrected chi connectivity index (χ1v) is 8.69. The molecule has 0 spiro atoms. The van der Waals surface area contributed by atoms with Crippen molar-refractivity contribution in [2.75, 3.05) is 6.54 Å². The molecule has 0 atom stereocenters. The Kier molecular flexibility index (Phi) is 4.69. The lowest BCUT2D eigenvalue weighted by Crippen LogP contribution is -2.38. The van der Waals surface area contributed by atoms with Crippen LogP contribution in [0, 0.1) is 6.92 Å². The second kappa shape index (κ2) is 6.78. The lowest BCUT2D eigenvalue weighted by Gasteiger charge is -2.17. The number of pyridine rings is 2. The summed E-state index contributed by atoms with van der Waals surface area (Å²) in [5, 5.41) is 14.3. The molecule has 3 heterocycles. The summed E-state index contributed by atoms with van der Waals surface area (Å²) in [6.45, 7) is 5.29. The van der Waals surface area contributed by atoms with E-state index in [4.69, 9.17) is 4.74 Å². The number of fused-ring (bicyclic) bond motifs is 1. The van der Waals surface area contributed by atoms with Crippen LogP contribution in [0.2, 0.25) is 0 Å². The maximum absolute atomic E-state index is 12.4. The highest BCUT2D eigenvalue weighted by Gasteiger charge is 2.18. The third kappa shape index (κ3) is 4.32. The summed E-state index contributed by atoms with van der Waals surface area (Å²) in [6, 6.07) is 7.14. The van der Waals surface area contributed by atoms with Crippen LogP contribution < -0.4 is 10.1 Å². The molecule has 0 bridgehead atoms. The van der Waals surface area contributed by atoms with Crippen molar-refractivity contribution in [1.29, 1.82) is 0 Å². The predicted molar refractivity (Wildman–Crippen MR) is 97.3 cm³/mol. The number of aryl methyl sites for hydroxylation is 1. The molecule has 0 radical (unpaired) electrons. The molecule has 0 aromatic carbocycles. The van der Waals surface area contributed by atoms with E-state index in [-0.39, 0.29) is 18.1 Å². The third-order valence-corrected chi connectivity index (χ3v) is 4.32. The zero-order valence-electron chi connectivity index (χ0n) is 14.2. The van der Waals surface area contributed by atoms with Crippen LogP contribution in [0.3, 0.4) is 0 Å². The minimum atomic E-state index is -0.991. The van der Waals surface area contributed by atoms with Gasteiger partial charge in [0.2, 0.25) is 0 Å². The molecule has 0 aliphatic rings. The third-order valence-electron chi connectivity index (χ3n) is 3.40. The highest BCUT2D eigenvalue weighted by Crippen LogP contribution is 2.33. The van der Waals surface area contributed by atoms with Crippen LogP contribution in [0.4, 0.5) is 0 Å². The Morgan fingerprint density at radius 1 is 1.36 bits per heavy atom. The number of ether oxygens (including phenoxy) is 1. The molecule has 0 aliphatic heterocycles. The molecule has 0 saturated heterocycles. The number of nitrogens with zero attached hydrogens (tertiary/aromatic N) is 2. The molecule has 25 heavy (non-hydrogen) atoms. The van der Waals surface area contributed by atoms with Gasteiger partial charge in [-0.2, -0.15) is 0 Å². The average molecular weight is 357 g/mol. The van der Waals surface area contributed by atoms with Crippen molar-refractivity contribution in [3.63, 3.8) is 0 Å². The Hall–Kier alpha value is -2.51. The fourth-order valence-electron chi connectivity index (χ4n) is 2.15. The van der Waals surface area contributed by atoms with E-state index in [1.165, 1.54) is 11.3 Å². The van der Waals surface area contributed by atoms with Gasteiger partial charge in [-0.1, -0.05) is 0 Å². The fraction of sp³-hybridized carbons (Fsp3) is 0.278. The van der Waals surface area contributed by atoms with Crippen LogP contribution in [0.5, 0.6) is 11.5 Å². The maximum Gasteiger partial charge on any atom is 0.270 e. The number of hydrogen-bond acceptors (Lipinski definition) is 6. The Labute approximate surface area is 149 Å². The van der Waals surface area contributed by atoms with Crippen LogP contribution in [0.1, 0.15) is 30.0 Å². The normalized spacial score (nSPS) is 11.5. The molecular formula is C18H19N3O3S. The van der Waals surface area contributed by atoms with Crippen LogP contribution in [0.25, 0.3) is 10.2 Å². The molecule has 2 N–H and O–H groups in total. The molecule has 0 fully saturated rings. The minimum Gasteiger partial charge on any atom is -0.454 e. The Balaban J connectivity index is 1.90. The number of rotatable bonds is 5. The monoisotopic (exact) mass is 357 g/mol. The minimum absolute atomic E-state index is 0.132. The van der Waals surface area contributed by atoms with Gasteiger partial charge in [-0.3, -0.25) is 9.78 Å². The van der Waals surface area contributed by atoms with Crippen LogP contribution >= 0.6 is 11.3 Å². The van der Waals surface area contributed by atoms with Crippen molar-refractivity contribution >= 4 is 27.5 Å². The lowest BCUT2D eigenvalue weighted by atomic mass is 10.1. The lowest BCUT2D eigenvalue weighted by molar-refractivity contribution is 0.0692. The summed E-state index contributed by atoms with van der Waals surface area (Å²) in [7, 11) is 0. The van der Waals surface area contributed by atoms with Crippen molar-refractivity contribution in [2.45, 2.75) is 26.4 Å². The SMILES string of the molecule is Cc1ccc(Oc2cc(C(=O)NCC(C)(C)O)nc3ccsc23)cn1. The molecule has 3 aromatic rings. The molecule has 0 aliphatic carbocycles. The van der Waals surface area contributed by atoms with E-state index < -0.39 is 5.60 Å². The first kappa shape index (κ1) is 17.3. The van der Waals surface area contributed by atoms with Gasteiger partial charge in [-0.15, -0.1) is 11.3 Å². The van der Waals surface area contributed by atoms with Gasteiger partial charge in [-0.25, -0.2) is 4.98 Å². The predicted octanol–water partition coefficient (Wildman–Crippen LogP) is 3.29. The smallest absolute Gasteiger partial charge is 0.270 e. The maximum atomic E-state index is 12.4. The van der Waals surface area contributed by atoms with E-state index in [0.717, 1.165) is 10.4 Å². The van der Waals surface area contributed by atoms with Crippen LogP contribution in [-0.2, 0) is 0 Å². The number of nitrogens with one attached hydrogen (secondary N) is 1. The van der Waals surface area contributed by atoms with Gasteiger partial charge < -0.3 is 15.2 Å². The van der Waals surface area contributed by atoms with Gasteiger partial charge >= 0.3 is 0 Å². The first-order valence-electron chi connectivity index (χ1n) is 7.81. The number of aliphatic hydroxyl groups is 1. The van der Waals surface area contributed by atoms with E-state index in [2.05, 4.69) is 15.3 Å². The van der Waals surface area contributed by atoms with Crippen molar-refractivity contribution < 1.29 is 14.6 Å². The van der Waals surface area contributed by atoms with E-state index in [9.17, 15) is 9.90 Å². The quantitative estimate of drug-likeness (QED) is 0.732. The molecule has 0 unspecified atom stereocenters.